The molecule has 0 aliphatic heterocycles. The maximum Gasteiger partial charge on any atom is 0.420 e. The Bertz CT molecular complexity index is 954. The first kappa shape index (κ1) is 19.8. The zero-order valence-electron chi connectivity index (χ0n) is 13.8. The molecule has 1 aromatic heterocycles. The number of methoxy groups -OCH3 is 1. The number of carbonyl (C=O) groups is 1. The third kappa shape index (κ3) is 4.33. The minimum Gasteiger partial charge on any atom is -0.497 e. The molecule has 0 saturated heterocycles. The van der Waals surface area contributed by atoms with E-state index >= 15 is 0 Å². The summed E-state index contributed by atoms with van der Waals surface area (Å²) in [6.07, 6.45) is 2.58. The lowest BCUT2D eigenvalue weighted by Crippen LogP contribution is -2.18. The molecule has 27 heavy (non-hydrogen) atoms. The first-order chi connectivity index (χ1) is 12.9. The summed E-state index contributed by atoms with van der Waals surface area (Å²) < 4.78 is 12.0. The second-order valence-electron chi connectivity index (χ2n) is 5.40. The van der Waals surface area contributed by atoms with Crippen LogP contribution in [-0.2, 0) is 4.74 Å². The summed E-state index contributed by atoms with van der Waals surface area (Å²) in [7, 11) is 1.49. The molecule has 0 aliphatic carbocycles. The van der Waals surface area contributed by atoms with E-state index in [1.165, 1.54) is 30.4 Å². The summed E-state index contributed by atoms with van der Waals surface area (Å²) in [5, 5.41) is 1.26. The second-order valence-corrected chi connectivity index (χ2v) is 7.06. The van der Waals surface area contributed by atoms with Crippen molar-refractivity contribution < 1.29 is 14.3 Å². The van der Waals surface area contributed by atoms with Crippen LogP contribution in [0.15, 0.2) is 49.1 Å². The number of benzene rings is 2. The van der Waals surface area contributed by atoms with Gasteiger partial charge in [-0.2, -0.15) is 0 Å². The van der Waals surface area contributed by atoms with Crippen LogP contribution in [0.25, 0.3) is 0 Å². The first-order valence-electron chi connectivity index (χ1n) is 7.57. The zero-order chi connectivity index (χ0) is 19.6. The Morgan fingerprint density at radius 3 is 2.33 bits per heavy atom. The van der Waals surface area contributed by atoms with Gasteiger partial charge in [-0.1, -0.05) is 52.5 Å². The molecule has 0 saturated carbocycles. The molecule has 0 radical (unpaired) electrons. The van der Waals surface area contributed by atoms with E-state index in [2.05, 4.69) is 4.98 Å². The monoisotopic (exact) mass is 444 g/mol. The van der Waals surface area contributed by atoms with Gasteiger partial charge in [0, 0.05) is 33.6 Å². The Morgan fingerprint density at radius 2 is 1.78 bits per heavy atom. The lowest BCUT2D eigenvalue weighted by Gasteiger charge is -2.22. The molecule has 0 aliphatic rings. The Balaban J connectivity index is 2.11. The lowest BCUT2D eigenvalue weighted by molar-refractivity contribution is 0.118. The molecule has 3 rings (SSSR count). The Morgan fingerprint density at radius 1 is 1.07 bits per heavy atom. The molecule has 3 aromatic rings. The smallest absolute Gasteiger partial charge is 0.420 e. The number of imidazole rings is 1. The molecule has 0 spiro atoms. The van der Waals surface area contributed by atoms with Crippen molar-refractivity contribution in [2.75, 3.05) is 7.11 Å². The number of ether oxygens (including phenoxy) is 2. The molecule has 2 aromatic carbocycles. The van der Waals surface area contributed by atoms with Crippen LogP contribution in [0.4, 0.5) is 4.79 Å². The molecule has 0 unspecified atom stereocenters. The topological polar surface area (TPSA) is 53.4 Å². The highest BCUT2D eigenvalue weighted by atomic mass is 35.5. The molecule has 140 valence electrons. The predicted molar refractivity (Wildman–Crippen MR) is 105 cm³/mol. The van der Waals surface area contributed by atoms with Crippen molar-refractivity contribution in [3.05, 3.63) is 80.3 Å². The summed E-state index contributed by atoms with van der Waals surface area (Å²) in [5.74, 6) is 0.468. The van der Waals surface area contributed by atoms with Gasteiger partial charge >= 0.3 is 6.09 Å². The summed E-state index contributed by atoms with van der Waals surface area (Å²) in [6.45, 7) is 0. The van der Waals surface area contributed by atoms with E-state index in [-0.39, 0.29) is 10.0 Å². The summed E-state index contributed by atoms with van der Waals surface area (Å²) in [5.41, 5.74) is 0.848. The predicted octanol–water partition coefficient (Wildman–Crippen LogP) is 6.28. The standard InChI is InChI=1S/C18H12Cl4N2O3/c1-26-11-7-14(21)16(15(22)8-11)17(12-3-2-10(19)6-13(12)20)27-18(25)24-5-4-23-9-24/h2-9,17H,1H3/t17-/m0/s1. The van der Waals surface area contributed by atoms with Crippen LogP contribution >= 0.6 is 46.4 Å². The Hall–Kier alpha value is -1.92. The van der Waals surface area contributed by atoms with Crippen LogP contribution in [0.5, 0.6) is 5.75 Å². The highest BCUT2D eigenvalue weighted by Gasteiger charge is 2.27. The average molecular weight is 446 g/mol. The van der Waals surface area contributed by atoms with Gasteiger partial charge in [0.15, 0.2) is 6.10 Å². The first-order valence-corrected chi connectivity index (χ1v) is 9.08. The van der Waals surface area contributed by atoms with E-state index in [9.17, 15) is 4.79 Å². The largest absolute Gasteiger partial charge is 0.497 e. The normalized spacial score (nSPS) is 11.9. The van der Waals surface area contributed by atoms with Gasteiger partial charge in [-0.3, -0.25) is 0 Å². The number of hydrogen-bond acceptors (Lipinski definition) is 4. The fraction of sp³-hybridized carbons (Fsp3) is 0.111. The van der Waals surface area contributed by atoms with Crippen LogP contribution in [0.2, 0.25) is 20.1 Å². The summed E-state index contributed by atoms with van der Waals surface area (Å²) in [4.78, 5) is 16.3. The number of hydrogen-bond donors (Lipinski definition) is 0. The number of halogens is 4. The van der Waals surface area contributed by atoms with Crippen molar-refractivity contribution in [2.24, 2.45) is 0 Å². The quantitative estimate of drug-likeness (QED) is 0.474. The van der Waals surface area contributed by atoms with E-state index < -0.39 is 12.2 Å². The Labute approximate surface area is 175 Å². The van der Waals surface area contributed by atoms with Gasteiger partial charge in [0.1, 0.15) is 12.1 Å². The van der Waals surface area contributed by atoms with Gasteiger partial charge in [-0.25, -0.2) is 14.3 Å². The van der Waals surface area contributed by atoms with Crippen molar-refractivity contribution in [1.29, 1.82) is 0 Å². The molecular formula is C18H12Cl4N2O3. The highest BCUT2D eigenvalue weighted by molar-refractivity contribution is 6.37. The fourth-order valence-electron chi connectivity index (χ4n) is 2.45. The maximum absolute atomic E-state index is 12.5. The van der Waals surface area contributed by atoms with Gasteiger partial charge in [0.2, 0.25) is 0 Å². The summed E-state index contributed by atoms with van der Waals surface area (Å²) >= 11 is 25.1. The van der Waals surface area contributed by atoms with E-state index in [0.29, 0.717) is 26.9 Å². The van der Waals surface area contributed by atoms with E-state index in [4.69, 9.17) is 55.9 Å². The van der Waals surface area contributed by atoms with Gasteiger partial charge in [-0.05, 0) is 24.3 Å². The molecule has 0 bridgehead atoms. The highest BCUT2D eigenvalue weighted by Crippen LogP contribution is 2.41. The van der Waals surface area contributed by atoms with Crippen molar-refractivity contribution in [2.45, 2.75) is 6.10 Å². The van der Waals surface area contributed by atoms with Crippen LogP contribution in [0, 0.1) is 0 Å². The number of aromatic nitrogens is 2. The molecule has 1 heterocycles. The third-order valence-corrected chi connectivity index (χ3v) is 4.92. The minimum absolute atomic E-state index is 0.258. The zero-order valence-corrected chi connectivity index (χ0v) is 16.9. The molecule has 5 nitrogen and oxygen atoms in total. The third-order valence-electron chi connectivity index (χ3n) is 3.73. The van der Waals surface area contributed by atoms with Crippen LogP contribution in [0.1, 0.15) is 17.2 Å². The minimum atomic E-state index is -0.976. The average Bonchev–Trinajstić information content (AvgIpc) is 3.15. The second kappa shape index (κ2) is 8.40. The number of nitrogens with zero attached hydrogens (tertiary/aromatic N) is 2. The van der Waals surface area contributed by atoms with Crippen LogP contribution in [0.3, 0.4) is 0 Å². The molecule has 1 atom stereocenters. The van der Waals surface area contributed by atoms with Crippen molar-refractivity contribution >= 4 is 52.5 Å². The maximum atomic E-state index is 12.5. The van der Waals surface area contributed by atoms with E-state index in [0.717, 1.165) is 0 Å². The molecule has 0 fully saturated rings. The summed E-state index contributed by atoms with van der Waals surface area (Å²) in [6, 6.07) is 7.97. The van der Waals surface area contributed by atoms with Gasteiger partial charge in [0.05, 0.1) is 17.2 Å². The molecule has 9 heteroatoms. The van der Waals surface area contributed by atoms with Crippen molar-refractivity contribution in [3.63, 3.8) is 0 Å². The van der Waals surface area contributed by atoms with Gasteiger partial charge < -0.3 is 9.47 Å². The van der Waals surface area contributed by atoms with Crippen molar-refractivity contribution in [3.8, 4) is 5.75 Å². The number of carbonyl (C=O) groups excluding carboxylic acids is 1. The van der Waals surface area contributed by atoms with Gasteiger partial charge in [-0.15, -0.1) is 0 Å². The molecule has 0 N–H and O–H groups in total. The lowest BCUT2D eigenvalue weighted by atomic mass is 10.0. The number of rotatable bonds is 4. The van der Waals surface area contributed by atoms with Crippen LogP contribution in [-0.4, -0.2) is 22.8 Å². The Kier molecular flexibility index (Phi) is 6.17. The molecule has 0 amide bonds. The SMILES string of the molecule is COc1cc(Cl)c([C@@H](OC(=O)n2ccnc2)c2ccc(Cl)cc2Cl)c(Cl)c1. The van der Waals surface area contributed by atoms with Crippen LogP contribution < -0.4 is 4.74 Å². The van der Waals surface area contributed by atoms with Crippen molar-refractivity contribution in [1.82, 2.24) is 9.55 Å². The van der Waals surface area contributed by atoms with E-state index in [1.807, 2.05) is 0 Å². The molecular weight excluding hydrogens is 434 g/mol. The van der Waals surface area contributed by atoms with E-state index in [1.54, 1.807) is 30.3 Å². The fourth-order valence-corrected chi connectivity index (χ4v) is 3.62. The van der Waals surface area contributed by atoms with Gasteiger partial charge in [0.25, 0.3) is 0 Å².